The number of methoxy groups -OCH3 is 1. The lowest BCUT2D eigenvalue weighted by molar-refractivity contribution is -0.144. The van der Waals surface area contributed by atoms with E-state index in [4.69, 9.17) is 9.47 Å². The Bertz CT molecular complexity index is 974. The highest BCUT2D eigenvalue weighted by molar-refractivity contribution is 5.84. The molecule has 0 bridgehead atoms. The van der Waals surface area contributed by atoms with Crippen LogP contribution in [0.3, 0.4) is 0 Å². The van der Waals surface area contributed by atoms with Crippen LogP contribution in [-0.2, 0) is 33.4 Å². The number of nitrogens with one attached hydrogen (secondary N) is 1. The molecule has 0 aromatic carbocycles. The molecule has 200 valence electrons. The zero-order chi connectivity index (χ0) is 25.7. The first-order valence-corrected chi connectivity index (χ1v) is 13.1. The third-order valence-electron chi connectivity index (χ3n) is 8.77. The van der Waals surface area contributed by atoms with Crippen LogP contribution in [0.25, 0.3) is 0 Å². The molecule has 0 spiro atoms. The fourth-order valence-corrected chi connectivity index (χ4v) is 6.77. The van der Waals surface area contributed by atoms with Crippen molar-refractivity contribution in [3.8, 4) is 0 Å². The van der Waals surface area contributed by atoms with E-state index in [0.717, 1.165) is 32.0 Å². The van der Waals surface area contributed by atoms with Crippen LogP contribution in [0.15, 0.2) is 12.3 Å². The Balaban J connectivity index is 1.36. The van der Waals surface area contributed by atoms with Crippen LogP contribution in [-0.4, -0.2) is 84.9 Å². The summed E-state index contributed by atoms with van der Waals surface area (Å²) in [5, 5.41) is 3.78. The first-order chi connectivity index (χ1) is 17.1. The van der Waals surface area contributed by atoms with Crippen molar-refractivity contribution >= 4 is 5.91 Å². The summed E-state index contributed by atoms with van der Waals surface area (Å²) < 4.78 is 51.1. The van der Waals surface area contributed by atoms with E-state index < -0.39 is 17.2 Å². The maximum atomic E-state index is 14.2. The summed E-state index contributed by atoms with van der Waals surface area (Å²) in [7, 11) is 1.70. The fraction of sp³-hybridized carbons (Fsp3) is 0.769. The molecule has 0 radical (unpaired) electrons. The van der Waals surface area contributed by atoms with Gasteiger partial charge in [0.1, 0.15) is 0 Å². The van der Waals surface area contributed by atoms with Gasteiger partial charge < -0.3 is 19.7 Å². The number of ether oxygens (including phenoxy) is 2. The molecule has 2 saturated heterocycles. The van der Waals surface area contributed by atoms with Crippen LogP contribution >= 0.6 is 0 Å². The van der Waals surface area contributed by atoms with E-state index in [2.05, 4.69) is 29.0 Å². The molecule has 36 heavy (non-hydrogen) atoms. The Kier molecular flexibility index (Phi) is 7.08. The Hall–Kier alpha value is -1.75. The first-order valence-electron chi connectivity index (χ1n) is 13.1. The number of aromatic nitrogens is 1. The third kappa shape index (κ3) is 4.77. The zero-order valence-electron chi connectivity index (χ0n) is 21.3. The molecule has 4 aliphatic rings. The van der Waals surface area contributed by atoms with Crippen molar-refractivity contribution in [2.75, 3.05) is 40.0 Å². The number of halogens is 3. The molecular weight excluding hydrogens is 473 g/mol. The Morgan fingerprint density at radius 3 is 2.89 bits per heavy atom. The minimum Gasteiger partial charge on any atom is -0.379 e. The highest BCUT2D eigenvalue weighted by Crippen LogP contribution is 2.51. The summed E-state index contributed by atoms with van der Waals surface area (Å²) >= 11 is 0. The van der Waals surface area contributed by atoms with Crippen molar-refractivity contribution in [2.24, 2.45) is 11.3 Å². The molecule has 1 amide bonds. The van der Waals surface area contributed by atoms with Crippen LogP contribution in [0, 0.1) is 11.3 Å². The second-order valence-corrected chi connectivity index (χ2v) is 11.2. The van der Waals surface area contributed by atoms with E-state index in [9.17, 15) is 18.0 Å². The second-order valence-electron chi connectivity index (χ2n) is 11.2. The van der Waals surface area contributed by atoms with Gasteiger partial charge in [0.15, 0.2) is 0 Å². The predicted octanol–water partition coefficient (Wildman–Crippen LogP) is 2.87. The lowest BCUT2D eigenvalue weighted by atomic mass is 9.78. The number of carbonyl (C=O) groups excluding carboxylic acids is 1. The number of alkyl halides is 3. The largest absolute Gasteiger partial charge is 0.417 e. The van der Waals surface area contributed by atoms with Crippen LogP contribution in [0.4, 0.5) is 13.2 Å². The van der Waals surface area contributed by atoms with Gasteiger partial charge in [-0.15, -0.1) is 0 Å². The molecule has 1 N–H and O–H groups in total. The highest BCUT2D eigenvalue weighted by Gasteiger charge is 2.59. The van der Waals surface area contributed by atoms with Gasteiger partial charge >= 0.3 is 6.18 Å². The topological polar surface area (TPSA) is 66.9 Å². The van der Waals surface area contributed by atoms with Crippen molar-refractivity contribution in [3.63, 3.8) is 0 Å². The molecule has 3 fully saturated rings. The zero-order valence-corrected chi connectivity index (χ0v) is 21.3. The van der Waals surface area contributed by atoms with Crippen LogP contribution in [0.2, 0.25) is 0 Å². The summed E-state index contributed by atoms with van der Waals surface area (Å²) in [6.07, 6.45) is -0.560. The Morgan fingerprint density at radius 2 is 2.17 bits per heavy atom. The van der Waals surface area contributed by atoms with Gasteiger partial charge in [0.2, 0.25) is 5.91 Å². The summed E-state index contributed by atoms with van der Waals surface area (Å²) in [4.78, 5) is 22.4. The fourth-order valence-electron chi connectivity index (χ4n) is 6.77. The normalized spacial score (nSPS) is 33.1. The van der Waals surface area contributed by atoms with E-state index in [1.807, 2.05) is 0 Å². The van der Waals surface area contributed by atoms with Gasteiger partial charge in [-0.3, -0.25) is 14.7 Å². The summed E-state index contributed by atoms with van der Waals surface area (Å²) in [6.45, 7) is 7.81. The van der Waals surface area contributed by atoms with Gasteiger partial charge in [0.05, 0.1) is 23.7 Å². The minimum absolute atomic E-state index is 0.00747. The molecule has 10 heteroatoms. The Labute approximate surface area is 210 Å². The summed E-state index contributed by atoms with van der Waals surface area (Å²) in [6, 6.07) is 1.89. The average molecular weight is 511 g/mol. The maximum Gasteiger partial charge on any atom is 0.417 e. The predicted molar refractivity (Wildman–Crippen MR) is 127 cm³/mol. The van der Waals surface area contributed by atoms with E-state index in [-0.39, 0.29) is 36.6 Å². The first kappa shape index (κ1) is 25.9. The van der Waals surface area contributed by atoms with Crippen molar-refractivity contribution in [1.29, 1.82) is 0 Å². The van der Waals surface area contributed by atoms with Crippen molar-refractivity contribution < 1.29 is 27.4 Å². The molecule has 4 heterocycles. The average Bonchev–Trinajstić information content (AvgIpc) is 3.38. The number of fused-ring (bicyclic) bond motifs is 2. The monoisotopic (exact) mass is 510 g/mol. The van der Waals surface area contributed by atoms with E-state index in [1.54, 1.807) is 12.0 Å². The SMILES string of the molecule is COC1COCCC1NC1CC2CN(C(C)C)CC2(C(=O)N2CCc3ncc(C(F)(F)F)cc3C2)C1. The number of nitrogens with zero attached hydrogens (tertiary/aromatic N) is 3. The van der Waals surface area contributed by atoms with Gasteiger partial charge in [-0.2, -0.15) is 13.2 Å². The minimum atomic E-state index is -4.45. The van der Waals surface area contributed by atoms with Gasteiger partial charge in [-0.05, 0) is 50.7 Å². The number of rotatable bonds is 5. The summed E-state index contributed by atoms with van der Waals surface area (Å²) in [5.41, 5.74) is -0.114. The van der Waals surface area contributed by atoms with E-state index >= 15 is 0 Å². The summed E-state index contributed by atoms with van der Waals surface area (Å²) in [5.74, 6) is 0.296. The van der Waals surface area contributed by atoms with Gasteiger partial charge in [-0.1, -0.05) is 0 Å². The smallest absolute Gasteiger partial charge is 0.379 e. The number of likely N-dealkylation sites (tertiary alicyclic amines) is 1. The second kappa shape index (κ2) is 9.85. The Morgan fingerprint density at radius 1 is 1.36 bits per heavy atom. The van der Waals surface area contributed by atoms with Crippen LogP contribution < -0.4 is 5.32 Å². The van der Waals surface area contributed by atoms with Gasteiger partial charge in [0, 0.05) is 76.3 Å². The molecule has 1 saturated carbocycles. The van der Waals surface area contributed by atoms with Crippen LogP contribution in [0.1, 0.15) is 49.9 Å². The maximum absolute atomic E-state index is 14.2. The van der Waals surface area contributed by atoms with Crippen molar-refractivity contribution in [1.82, 2.24) is 20.1 Å². The lowest BCUT2D eigenvalue weighted by Crippen LogP contribution is -2.52. The van der Waals surface area contributed by atoms with Gasteiger partial charge in [0.25, 0.3) is 0 Å². The van der Waals surface area contributed by atoms with Crippen LogP contribution in [0.5, 0.6) is 0 Å². The molecular formula is C26H37F3N4O3. The molecule has 1 aliphatic carbocycles. The molecule has 3 aliphatic heterocycles. The number of carbonyl (C=O) groups is 1. The number of pyridine rings is 1. The number of hydrogen-bond donors (Lipinski definition) is 1. The molecule has 5 unspecified atom stereocenters. The standard InChI is InChI=1S/C26H37F3N4O3/c1-16(2)33-13-19-9-20(31-22-5-7-36-14-23(22)35-3)10-25(19,15-33)24(34)32-6-4-21-17(12-32)8-18(11-30-21)26(27,28)29/h8,11,16,19-20,22-23,31H,4-7,9-10,12-15H2,1-3H3. The third-order valence-corrected chi connectivity index (χ3v) is 8.77. The molecule has 5 atom stereocenters. The molecule has 7 nitrogen and oxygen atoms in total. The number of hydrogen-bond acceptors (Lipinski definition) is 6. The van der Waals surface area contributed by atoms with Crippen molar-refractivity contribution in [2.45, 2.75) is 76.5 Å². The number of amides is 1. The van der Waals surface area contributed by atoms with Gasteiger partial charge in [-0.25, -0.2) is 0 Å². The molecule has 5 rings (SSSR count). The molecule has 1 aromatic heterocycles. The van der Waals surface area contributed by atoms with Crippen molar-refractivity contribution in [3.05, 3.63) is 29.1 Å². The quantitative estimate of drug-likeness (QED) is 0.657. The lowest BCUT2D eigenvalue weighted by Gasteiger charge is -2.38. The highest BCUT2D eigenvalue weighted by atomic mass is 19.4. The van der Waals surface area contributed by atoms with E-state index in [1.165, 1.54) is 6.07 Å². The molecule has 1 aromatic rings. The van der Waals surface area contributed by atoms with E-state index in [0.29, 0.717) is 50.0 Å².